The molecular weight excluding hydrogens is 536 g/mol. The number of aromatic amines is 1. The highest BCUT2D eigenvalue weighted by Gasteiger charge is 2.28. The fraction of sp³-hybridized carbons (Fsp3) is 0.286. The topological polar surface area (TPSA) is 144 Å². The number of fused-ring (bicyclic) bond motifs is 2. The van der Waals surface area contributed by atoms with E-state index in [1.165, 1.54) is 0 Å². The highest BCUT2D eigenvalue weighted by molar-refractivity contribution is 7.89. The second-order valence-corrected chi connectivity index (χ2v) is 11.5. The van der Waals surface area contributed by atoms with Crippen molar-refractivity contribution in [3.63, 3.8) is 0 Å². The minimum atomic E-state index is -3.99. The Balaban J connectivity index is 0.00000353. The number of guanidine groups is 1. The largest absolute Gasteiger partial charge is 0.370 e. The van der Waals surface area contributed by atoms with E-state index >= 15 is 0 Å². The van der Waals surface area contributed by atoms with E-state index < -0.39 is 16.1 Å². The summed E-state index contributed by atoms with van der Waals surface area (Å²) in [5.74, 6) is -0.233. The highest BCUT2D eigenvalue weighted by atomic mass is 35.5. The lowest BCUT2D eigenvalue weighted by molar-refractivity contribution is -0.122. The van der Waals surface area contributed by atoms with E-state index in [2.05, 4.69) is 15.0 Å². The highest BCUT2D eigenvalue weighted by Crippen LogP contribution is 2.22. The average molecular weight is 569 g/mol. The molecule has 0 saturated carbocycles. The van der Waals surface area contributed by atoms with Crippen LogP contribution < -0.4 is 15.8 Å². The average Bonchev–Trinajstić information content (AvgIpc) is 3.34. The fourth-order valence-corrected chi connectivity index (χ4v) is 6.35. The number of nitrogens with two attached hydrogens (primary N) is 1. The summed E-state index contributed by atoms with van der Waals surface area (Å²) in [6.07, 6.45) is 3.79. The molecule has 1 saturated heterocycles. The van der Waals surface area contributed by atoms with Crippen molar-refractivity contribution in [1.29, 1.82) is 5.41 Å². The van der Waals surface area contributed by atoms with Crippen molar-refractivity contribution in [1.82, 2.24) is 19.9 Å². The van der Waals surface area contributed by atoms with Crippen molar-refractivity contribution in [3.8, 4) is 0 Å². The monoisotopic (exact) mass is 568 g/mol. The molecule has 6 N–H and O–H groups in total. The second-order valence-electron chi connectivity index (χ2n) is 9.83. The molecule has 1 aliphatic rings. The van der Waals surface area contributed by atoms with E-state index in [-0.39, 0.29) is 41.5 Å². The molecule has 4 aromatic rings. The van der Waals surface area contributed by atoms with Crippen molar-refractivity contribution >= 4 is 56.0 Å². The van der Waals surface area contributed by atoms with Crippen LogP contribution in [0.3, 0.4) is 0 Å². The van der Waals surface area contributed by atoms with Gasteiger partial charge in [-0.1, -0.05) is 48.5 Å². The molecule has 0 bridgehead atoms. The first-order valence-corrected chi connectivity index (χ1v) is 14.2. The molecule has 2 atom stereocenters. The molecule has 0 radical (unpaired) electrons. The van der Waals surface area contributed by atoms with Crippen LogP contribution in [0.15, 0.2) is 77.8 Å². The Hall–Kier alpha value is -3.60. The third kappa shape index (κ3) is 6.52. The maximum absolute atomic E-state index is 13.5. The Kier molecular flexibility index (Phi) is 8.79. The van der Waals surface area contributed by atoms with Gasteiger partial charge in [0.2, 0.25) is 15.9 Å². The van der Waals surface area contributed by atoms with E-state index in [4.69, 9.17) is 11.1 Å². The first kappa shape index (κ1) is 28.4. The van der Waals surface area contributed by atoms with E-state index in [1.54, 1.807) is 23.1 Å². The van der Waals surface area contributed by atoms with Gasteiger partial charge in [-0.05, 0) is 59.7 Å². The number of likely N-dealkylation sites (tertiary alicyclic amines) is 1. The summed E-state index contributed by atoms with van der Waals surface area (Å²) in [5, 5.41) is 13.4. The maximum Gasteiger partial charge on any atom is 0.241 e. The fourth-order valence-electron chi connectivity index (χ4n) is 5.12. The van der Waals surface area contributed by atoms with E-state index in [9.17, 15) is 13.2 Å². The smallest absolute Gasteiger partial charge is 0.241 e. The molecule has 1 amide bonds. The molecule has 206 valence electrons. The van der Waals surface area contributed by atoms with Gasteiger partial charge in [-0.2, -0.15) is 4.72 Å². The molecule has 0 aliphatic carbocycles. The number of sulfonamides is 1. The number of para-hydroxylation sites is 1. The van der Waals surface area contributed by atoms with Crippen LogP contribution >= 0.6 is 12.4 Å². The van der Waals surface area contributed by atoms with Gasteiger partial charge in [0.05, 0.1) is 4.90 Å². The summed E-state index contributed by atoms with van der Waals surface area (Å²) < 4.78 is 29.6. The molecule has 0 unspecified atom stereocenters. The lowest BCUT2D eigenvalue weighted by atomic mass is 9.98. The first-order chi connectivity index (χ1) is 18.3. The summed E-state index contributed by atoms with van der Waals surface area (Å²) in [6, 6.07) is 19.2. The lowest BCUT2D eigenvalue weighted by Gasteiger charge is -2.33. The Morgan fingerprint density at radius 1 is 1.10 bits per heavy atom. The Morgan fingerprint density at radius 2 is 1.85 bits per heavy atom. The zero-order valence-electron chi connectivity index (χ0n) is 21.4. The van der Waals surface area contributed by atoms with Crippen molar-refractivity contribution in [2.45, 2.75) is 30.2 Å². The van der Waals surface area contributed by atoms with Crippen molar-refractivity contribution in [3.05, 3.63) is 78.5 Å². The van der Waals surface area contributed by atoms with Gasteiger partial charge in [0.15, 0.2) is 5.96 Å². The standard InChI is InChI=1S/C28H32N6O3S.ClH/c29-28(30)34-13-5-6-19(18-34)16-32-27(35)26(15-22-17-31-25-10-4-3-9-24(22)25)33-38(36,37)23-12-11-20-7-1-2-8-21(20)14-23;/h1-4,7-12,14,17,19,26,31,33H,5-6,13,15-16,18H2,(H3,29,30)(H,32,35);1H/t19-,26+;/m0./s1. The van der Waals surface area contributed by atoms with Crippen LogP contribution in [0.4, 0.5) is 0 Å². The zero-order chi connectivity index (χ0) is 26.7. The number of rotatable bonds is 8. The van der Waals surface area contributed by atoms with E-state index in [1.807, 2.05) is 54.7 Å². The Bertz CT molecular complexity index is 1590. The predicted molar refractivity (Wildman–Crippen MR) is 157 cm³/mol. The van der Waals surface area contributed by atoms with Gasteiger partial charge in [0.1, 0.15) is 6.04 Å². The Morgan fingerprint density at radius 3 is 2.64 bits per heavy atom. The molecule has 9 nitrogen and oxygen atoms in total. The molecule has 5 rings (SSSR count). The molecule has 39 heavy (non-hydrogen) atoms. The summed E-state index contributed by atoms with van der Waals surface area (Å²) in [4.78, 5) is 18.6. The molecule has 2 heterocycles. The molecule has 3 aromatic carbocycles. The number of carbonyl (C=O) groups is 1. The summed E-state index contributed by atoms with van der Waals surface area (Å²) in [7, 11) is -3.99. The molecule has 0 spiro atoms. The number of amides is 1. The van der Waals surface area contributed by atoms with Gasteiger partial charge in [-0.25, -0.2) is 8.42 Å². The number of carbonyl (C=O) groups excluding carboxylic acids is 1. The Labute approximate surface area is 234 Å². The van der Waals surface area contributed by atoms with E-state index in [0.29, 0.717) is 13.1 Å². The van der Waals surface area contributed by atoms with Crippen LogP contribution in [-0.4, -0.2) is 55.8 Å². The lowest BCUT2D eigenvalue weighted by Crippen LogP contribution is -2.51. The van der Waals surface area contributed by atoms with Crippen molar-refractivity contribution in [2.24, 2.45) is 11.7 Å². The number of aromatic nitrogens is 1. The van der Waals surface area contributed by atoms with Crippen LogP contribution in [-0.2, 0) is 21.2 Å². The number of hydrogen-bond donors (Lipinski definition) is 5. The molecule has 11 heteroatoms. The molecule has 1 aliphatic heterocycles. The molecule has 1 fully saturated rings. The van der Waals surface area contributed by atoms with Gasteiger partial charge < -0.3 is 20.9 Å². The molecular formula is C28H33ClN6O3S. The quantitative estimate of drug-likeness (QED) is 0.163. The van der Waals surface area contributed by atoms with Gasteiger partial charge in [0, 0.05) is 36.7 Å². The maximum atomic E-state index is 13.5. The summed E-state index contributed by atoms with van der Waals surface area (Å²) in [6.45, 7) is 1.70. The second kappa shape index (κ2) is 12.1. The minimum absolute atomic E-state index is 0. The normalized spacial score (nSPS) is 16.5. The minimum Gasteiger partial charge on any atom is -0.370 e. The number of halogens is 1. The van der Waals surface area contributed by atoms with E-state index in [0.717, 1.165) is 46.6 Å². The summed E-state index contributed by atoms with van der Waals surface area (Å²) in [5.41, 5.74) is 7.43. The number of benzene rings is 3. The third-order valence-corrected chi connectivity index (χ3v) is 8.64. The molecule has 1 aromatic heterocycles. The number of hydrogen-bond acceptors (Lipinski definition) is 4. The van der Waals surface area contributed by atoms with Gasteiger partial charge in [-0.15, -0.1) is 12.4 Å². The number of piperidine rings is 1. The summed E-state index contributed by atoms with van der Waals surface area (Å²) >= 11 is 0. The SMILES string of the molecule is Cl.N=C(N)N1CCC[C@@H](CNC(=O)[C@@H](Cc2c[nH]c3ccccc23)NS(=O)(=O)c2ccc3ccccc3c2)C1. The number of H-pyrrole nitrogens is 1. The van der Waals surface area contributed by atoms with Gasteiger partial charge in [0.25, 0.3) is 0 Å². The van der Waals surface area contributed by atoms with Crippen LogP contribution in [0.5, 0.6) is 0 Å². The van der Waals surface area contributed by atoms with Crippen LogP contribution in [0, 0.1) is 11.3 Å². The first-order valence-electron chi connectivity index (χ1n) is 12.7. The van der Waals surface area contributed by atoms with Crippen molar-refractivity contribution in [2.75, 3.05) is 19.6 Å². The predicted octanol–water partition coefficient (Wildman–Crippen LogP) is 3.35. The number of nitrogens with zero attached hydrogens (tertiary/aromatic N) is 1. The van der Waals surface area contributed by atoms with Gasteiger partial charge >= 0.3 is 0 Å². The van der Waals surface area contributed by atoms with Crippen molar-refractivity contribution < 1.29 is 13.2 Å². The zero-order valence-corrected chi connectivity index (χ0v) is 23.0. The van der Waals surface area contributed by atoms with Gasteiger partial charge in [-0.3, -0.25) is 10.2 Å². The third-order valence-electron chi connectivity index (χ3n) is 7.17. The van der Waals surface area contributed by atoms with Crippen LogP contribution in [0.1, 0.15) is 18.4 Å². The van der Waals surface area contributed by atoms with Crippen LogP contribution in [0.2, 0.25) is 0 Å². The van der Waals surface area contributed by atoms with Crippen LogP contribution in [0.25, 0.3) is 21.7 Å². The number of nitrogens with one attached hydrogen (secondary N) is 4.